The van der Waals surface area contributed by atoms with Crippen molar-refractivity contribution < 1.29 is 13.9 Å². The molecule has 26 heavy (non-hydrogen) atoms. The van der Waals surface area contributed by atoms with Crippen LogP contribution in [0.15, 0.2) is 47.1 Å². The van der Waals surface area contributed by atoms with E-state index in [1.807, 2.05) is 31.2 Å². The van der Waals surface area contributed by atoms with Crippen molar-refractivity contribution in [1.29, 1.82) is 0 Å². The largest absolute Gasteiger partial charge is 0.463 e. The molecule has 0 aliphatic heterocycles. The molecule has 0 unspecified atom stereocenters. The summed E-state index contributed by atoms with van der Waals surface area (Å²) in [4.78, 5) is 20.9. The van der Waals surface area contributed by atoms with E-state index < -0.39 is 5.97 Å². The number of rotatable bonds is 6. The Kier molecular flexibility index (Phi) is 5.17. The van der Waals surface area contributed by atoms with Gasteiger partial charge in [0, 0.05) is 6.54 Å². The van der Waals surface area contributed by atoms with Gasteiger partial charge in [-0.3, -0.25) is 0 Å². The highest BCUT2D eigenvalue weighted by Crippen LogP contribution is 2.29. The van der Waals surface area contributed by atoms with Gasteiger partial charge in [0.05, 0.1) is 12.9 Å². The van der Waals surface area contributed by atoms with Crippen molar-refractivity contribution in [3.63, 3.8) is 0 Å². The Balaban J connectivity index is 2.02. The summed E-state index contributed by atoms with van der Waals surface area (Å²) in [6.07, 6.45) is 1.50. The summed E-state index contributed by atoms with van der Waals surface area (Å²) in [6, 6.07) is 11.4. The molecule has 0 saturated carbocycles. The Morgan fingerprint density at radius 3 is 2.73 bits per heavy atom. The summed E-state index contributed by atoms with van der Waals surface area (Å²) < 4.78 is 10.6. The zero-order valence-corrected chi connectivity index (χ0v) is 14.7. The molecule has 0 fully saturated rings. The van der Waals surface area contributed by atoms with Crippen LogP contribution in [0.5, 0.6) is 0 Å². The second kappa shape index (κ2) is 7.69. The van der Waals surface area contributed by atoms with Gasteiger partial charge in [0.15, 0.2) is 5.76 Å². The first-order valence-electron chi connectivity index (χ1n) is 8.27. The number of carbonyl (C=O) groups is 1. The van der Waals surface area contributed by atoms with Gasteiger partial charge in [-0.05, 0) is 37.1 Å². The summed E-state index contributed by atoms with van der Waals surface area (Å²) in [5.74, 6) is 0.231. The van der Waals surface area contributed by atoms with Gasteiger partial charge in [-0.2, -0.15) is 4.98 Å². The summed E-state index contributed by atoms with van der Waals surface area (Å²) in [5, 5.41) is 3.18. The van der Waals surface area contributed by atoms with Crippen LogP contribution < -0.4 is 11.1 Å². The average Bonchev–Trinajstić information content (AvgIpc) is 3.15. The molecule has 7 heteroatoms. The monoisotopic (exact) mass is 352 g/mol. The number of aryl methyl sites for hydroxylation is 1. The Labute approximate surface area is 151 Å². The minimum atomic E-state index is -0.536. The normalized spacial score (nSPS) is 10.5. The molecule has 0 bridgehead atoms. The molecule has 0 aliphatic rings. The topological polar surface area (TPSA) is 103 Å². The number of nitrogen functional groups attached to an aromatic ring is 1. The molecule has 1 aromatic carbocycles. The number of hydrogen-bond acceptors (Lipinski definition) is 7. The van der Waals surface area contributed by atoms with Gasteiger partial charge < -0.3 is 20.2 Å². The van der Waals surface area contributed by atoms with Crippen molar-refractivity contribution in [2.45, 2.75) is 20.4 Å². The van der Waals surface area contributed by atoms with Gasteiger partial charge >= 0.3 is 5.97 Å². The van der Waals surface area contributed by atoms with Gasteiger partial charge in [-0.25, -0.2) is 9.78 Å². The van der Waals surface area contributed by atoms with Crippen LogP contribution in [-0.2, 0) is 11.3 Å². The predicted octanol–water partition coefficient (Wildman–Crippen LogP) is 3.42. The third-order valence-corrected chi connectivity index (χ3v) is 3.87. The maximum absolute atomic E-state index is 12.5. The number of nitrogens with one attached hydrogen (secondary N) is 1. The third-order valence-electron chi connectivity index (χ3n) is 3.87. The van der Waals surface area contributed by atoms with E-state index in [2.05, 4.69) is 15.3 Å². The summed E-state index contributed by atoms with van der Waals surface area (Å²) in [5.41, 5.74) is 8.56. The summed E-state index contributed by atoms with van der Waals surface area (Å²) in [7, 11) is 0. The smallest absolute Gasteiger partial charge is 0.344 e. The number of anilines is 2. The van der Waals surface area contributed by atoms with Crippen molar-refractivity contribution in [3.05, 3.63) is 59.4 Å². The SMILES string of the molecule is CCOC(=O)c1c(NCc2ccccc2C)nc(N)nc1-c1ccco1. The molecule has 3 N–H and O–H groups in total. The summed E-state index contributed by atoms with van der Waals surface area (Å²) >= 11 is 0. The van der Waals surface area contributed by atoms with Crippen molar-refractivity contribution in [2.75, 3.05) is 17.7 Å². The lowest BCUT2D eigenvalue weighted by atomic mass is 10.1. The number of furan rings is 1. The Morgan fingerprint density at radius 2 is 2.04 bits per heavy atom. The van der Waals surface area contributed by atoms with Gasteiger partial charge in [-0.15, -0.1) is 0 Å². The molecule has 3 aromatic rings. The lowest BCUT2D eigenvalue weighted by Crippen LogP contribution is -2.16. The second-order valence-electron chi connectivity index (χ2n) is 5.63. The van der Waals surface area contributed by atoms with Crippen molar-refractivity contribution in [1.82, 2.24) is 9.97 Å². The molecule has 0 aliphatic carbocycles. The molecule has 0 saturated heterocycles. The van der Waals surface area contributed by atoms with Crippen LogP contribution in [0.2, 0.25) is 0 Å². The van der Waals surface area contributed by atoms with Crippen LogP contribution >= 0.6 is 0 Å². The molecule has 2 aromatic heterocycles. The van der Waals surface area contributed by atoms with E-state index in [0.717, 1.165) is 11.1 Å². The van der Waals surface area contributed by atoms with Crippen LogP contribution in [0.1, 0.15) is 28.4 Å². The number of ether oxygens (including phenoxy) is 1. The highest BCUT2D eigenvalue weighted by molar-refractivity contribution is 6.00. The predicted molar refractivity (Wildman–Crippen MR) is 98.6 cm³/mol. The number of hydrogen-bond donors (Lipinski definition) is 2. The molecular formula is C19H20N4O3. The lowest BCUT2D eigenvalue weighted by molar-refractivity contribution is 0.0527. The van der Waals surface area contributed by atoms with Crippen LogP contribution in [0, 0.1) is 6.92 Å². The first kappa shape index (κ1) is 17.5. The average molecular weight is 352 g/mol. The molecular weight excluding hydrogens is 332 g/mol. The molecule has 134 valence electrons. The lowest BCUT2D eigenvalue weighted by Gasteiger charge is -2.14. The van der Waals surface area contributed by atoms with E-state index in [9.17, 15) is 4.79 Å². The number of carbonyl (C=O) groups excluding carboxylic acids is 1. The standard InChI is InChI=1S/C19H20N4O3/c1-3-25-18(24)15-16(14-9-6-10-26-14)22-19(20)23-17(15)21-11-13-8-5-4-7-12(13)2/h4-10H,3,11H2,1-2H3,(H3,20,21,22,23). The number of nitrogens with two attached hydrogens (primary N) is 1. The van der Waals surface area contributed by atoms with Gasteiger partial charge in [0.1, 0.15) is 17.1 Å². The summed E-state index contributed by atoms with van der Waals surface area (Å²) in [6.45, 7) is 4.47. The first-order chi connectivity index (χ1) is 12.6. The van der Waals surface area contributed by atoms with Gasteiger partial charge in [0.25, 0.3) is 0 Å². The minimum Gasteiger partial charge on any atom is -0.463 e. The third kappa shape index (κ3) is 3.66. The number of esters is 1. The molecule has 2 heterocycles. The Hall–Kier alpha value is -3.35. The highest BCUT2D eigenvalue weighted by atomic mass is 16.5. The number of nitrogens with zero attached hydrogens (tertiary/aromatic N) is 2. The fraction of sp³-hybridized carbons (Fsp3) is 0.211. The maximum atomic E-state index is 12.5. The molecule has 0 atom stereocenters. The minimum absolute atomic E-state index is 0.0386. The van der Waals surface area contributed by atoms with Crippen molar-refractivity contribution >= 4 is 17.7 Å². The number of aromatic nitrogens is 2. The molecule has 7 nitrogen and oxygen atoms in total. The van der Waals surface area contributed by atoms with E-state index in [1.165, 1.54) is 6.26 Å². The first-order valence-corrected chi connectivity index (χ1v) is 8.27. The maximum Gasteiger partial charge on any atom is 0.344 e. The highest BCUT2D eigenvalue weighted by Gasteiger charge is 2.24. The number of benzene rings is 1. The van der Waals surface area contributed by atoms with Crippen LogP contribution in [0.25, 0.3) is 11.5 Å². The van der Waals surface area contributed by atoms with E-state index in [-0.39, 0.29) is 18.1 Å². The van der Waals surface area contributed by atoms with Crippen LogP contribution in [0.3, 0.4) is 0 Å². The Morgan fingerprint density at radius 1 is 1.23 bits per heavy atom. The van der Waals surface area contributed by atoms with E-state index in [0.29, 0.717) is 23.8 Å². The molecule has 3 rings (SSSR count). The van der Waals surface area contributed by atoms with Crippen molar-refractivity contribution in [3.8, 4) is 11.5 Å². The Bertz CT molecular complexity index is 907. The van der Waals surface area contributed by atoms with E-state index >= 15 is 0 Å². The van der Waals surface area contributed by atoms with Crippen LogP contribution in [0.4, 0.5) is 11.8 Å². The fourth-order valence-corrected chi connectivity index (χ4v) is 2.58. The fourth-order valence-electron chi connectivity index (χ4n) is 2.58. The van der Waals surface area contributed by atoms with Crippen molar-refractivity contribution in [2.24, 2.45) is 0 Å². The second-order valence-corrected chi connectivity index (χ2v) is 5.63. The molecule has 0 amide bonds. The van der Waals surface area contributed by atoms with E-state index in [1.54, 1.807) is 19.1 Å². The van der Waals surface area contributed by atoms with Gasteiger partial charge in [0.2, 0.25) is 5.95 Å². The zero-order valence-electron chi connectivity index (χ0n) is 14.7. The van der Waals surface area contributed by atoms with Crippen LogP contribution in [-0.4, -0.2) is 22.5 Å². The van der Waals surface area contributed by atoms with E-state index in [4.69, 9.17) is 14.9 Å². The quantitative estimate of drug-likeness (QED) is 0.655. The molecule has 0 spiro atoms. The molecule has 0 radical (unpaired) electrons. The zero-order chi connectivity index (χ0) is 18.5. The van der Waals surface area contributed by atoms with Gasteiger partial charge in [-0.1, -0.05) is 24.3 Å².